The SMILES string of the molecule is COc1ccc(Cn2cccc(C(=O)N/N=C\c3c(C)n(C)c4ccccc34)c2=O)cc1. The fraction of sp³-hybridized carbons (Fsp3) is 0.160. The average molecular weight is 428 g/mol. The van der Waals surface area contributed by atoms with Gasteiger partial charge in [0.2, 0.25) is 0 Å². The molecule has 0 saturated carbocycles. The van der Waals surface area contributed by atoms with Gasteiger partial charge in [-0.15, -0.1) is 0 Å². The minimum atomic E-state index is -0.548. The minimum absolute atomic E-state index is 0.0350. The molecule has 32 heavy (non-hydrogen) atoms. The Hall–Kier alpha value is -4.13. The van der Waals surface area contributed by atoms with Crippen LogP contribution in [0.5, 0.6) is 5.75 Å². The van der Waals surface area contributed by atoms with E-state index in [9.17, 15) is 9.59 Å². The average Bonchev–Trinajstić information content (AvgIpc) is 3.06. The zero-order valence-corrected chi connectivity index (χ0v) is 18.2. The van der Waals surface area contributed by atoms with E-state index in [4.69, 9.17) is 4.74 Å². The molecule has 2 aromatic carbocycles. The number of aromatic nitrogens is 2. The van der Waals surface area contributed by atoms with Crippen molar-refractivity contribution < 1.29 is 9.53 Å². The molecule has 2 aromatic heterocycles. The van der Waals surface area contributed by atoms with Crippen molar-refractivity contribution in [2.45, 2.75) is 13.5 Å². The molecular formula is C25H24N4O3. The molecule has 1 amide bonds. The summed E-state index contributed by atoms with van der Waals surface area (Å²) in [7, 11) is 3.59. The van der Waals surface area contributed by atoms with Crippen LogP contribution in [0.3, 0.4) is 0 Å². The number of benzene rings is 2. The highest BCUT2D eigenvalue weighted by atomic mass is 16.5. The number of amides is 1. The Bertz CT molecular complexity index is 1360. The second-order valence-corrected chi connectivity index (χ2v) is 7.48. The van der Waals surface area contributed by atoms with Crippen molar-refractivity contribution in [3.63, 3.8) is 0 Å². The van der Waals surface area contributed by atoms with Gasteiger partial charge < -0.3 is 13.9 Å². The van der Waals surface area contributed by atoms with Gasteiger partial charge in [0.15, 0.2) is 0 Å². The fourth-order valence-corrected chi connectivity index (χ4v) is 3.69. The van der Waals surface area contributed by atoms with Crippen molar-refractivity contribution in [1.29, 1.82) is 0 Å². The number of ether oxygens (including phenoxy) is 1. The summed E-state index contributed by atoms with van der Waals surface area (Å²) in [6.45, 7) is 2.35. The number of carbonyl (C=O) groups is 1. The summed E-state index contributed by atoms with van der Waals surface area (Å²) in [6, 6.07) is 18.6. The summed E-state index contributed by atoms with van der Waals surface area (Å²) in [5.74, 6) is 0.196. The molecule has 1 N–H and O–H groups in total. The summed E-state index contributed by atoms with van der Waals surface area (Å²) < 4.78 is 8.73. The molecule has 0 aliphatic carbocycles. The topological polar surface area (TPSA) is 77.6 Å². The highest BCUT2D eigenvalue weighted by Gasteiger charge is 2.13. The molecule has 0 radical (unpaired) electrons. The molecule has 0 atom stereocenters. The van der Waals surface area contributed by atoms with E-state index in [1.165, 1.54) is 10.6 Å². The number of pyridine rings is 1. The maximum atomic E-state index is 12.8. The molecule has 0 aliphatic rings. The molecule has 4 aromatic rings. The maximum Gasteiger partial charge on any atom is 0.276 e. The van der Waals surface area contributed by atoms with Crippen molar-refractivity contribution in [3.8, 4) is 5.75 Å². The molecule has 0 bridgehead atoms. The molecule has 2 heterocycles. The first kappa shape index (κ1) is 21.1. The Labute approximate surface area is 185 Å². The van der Waals surface area contributed by atoms with Crippen molar-refractivity contribution in [2.24, 2.45) is 12.1 Å². The zero-order chi connectivity index (χ0) is 22.7. The van der Waals surface area contributed by atoms with Gasteiger partial charge in [-0.25, -0.2) is 5.43 Å². The first-order valence-electron chi connectivity index (χ1n) is 10.2. The zero-order valence-electron chi connectivity index (χ0n) is 18.2. The van der Waals surface area contributed by atoms with Gasteiger partial charge in [0.25, 0.3) is 11.5 Å². The number of fused-ring (bicyclic) bond motifs is 1. The van der Waals surface area contributed by atoms with Crippen LogP contribution in [0.4, 0.5) is 0 Å². The lowest BCUT2D eigenvalue weighted by molar-refractivity contribution is 0.0953. The number of nitrogens with one attached hydrogen (secondary N) is 1. The van der Waals surface area contributed by atoms with E-state index < -0.39 is 5.91 Å². The van der Waals surface area contributed by atoms with Gasteiger partial charge in [-0.2, -0.15) is 5.10 Å². The van der Waals surface area contributed by atoms with Crippen LogP contribution in [-0.4, -0.2) is 28.4 Å². The number of hydrazone groups is 1. The summed E-state index contributed by atoms with van der Waals surface area (Å²) in [5, 5.41) is 5.16. The van der Waals surface area contributed by atoms with Crippen molar-refractivity contribution in [3.05, 3.63) is 99.6 Å². The number of nitrogens with zero attached hydrogens (tertiary/aromatic N) is 3. The van der Waals surface area contributed by atoms with E-state index in [0.717, 1.165) is 33.5 Å². The standard InChI is InChI=1S/C25H24N4O3/c1-17-22(20-7-4-5-9-23(20)28(17)2)15-26-27-24(30)21-8-6-14-29(25(21)31)16-18-10-12-19(32-3)13-11-18/h4-15H,16H2,1-3H3,(H,27,30)/b26-15-. The number of carbonyl (C=O) groups excluding carboxylic acids is 1. The normalized spacial score (nSPS) is 11.2. The molecule has 0 aliphatic heterocycles. The van der Waals surface area contributed by atoms with Crippen LogP contribution < -0.4 is 15.7 Å². The number of hydrogen-bond acceptors (Lipinski definition) is 4. The highest BCUT2D eigenvalue weighted by Crippen LogP contribution is 2.23. The van der Waals surface area contributed by atoms with Crippen molar-refractivity contribution in [2.75, 3.05) is 7.11 Å². The lowest BCUT2D eigenvalue weighted by Gasteiger charge is -2.08. The number of hydrogen-bond donors (Lipinski definition) is 1. The van der Waals surface area contributed by atoms with Crippen LogP contribution in [0.25, 0.3) is 10.9 Å². The second-order valence-electron chi connectivity index (χ2n) is 7.48. The van der Waals surface area contributed by atoms with Gasteiger partial charge in [-0.1, -0.05) is 30.3 Å². The second kappa shape index (κ2) is 8.93. The van der Waals surface area contributed by atoms with E-state index in [1.807, 2.05) is 62.5 Å². The van der Waals surface area contributed by atoms with Crippen LogP contribution in [0.1, 0.15) is 27.2 Å². The lowest BCUT2D eigenvalue weighted by Crippen LogP contribution is -2.30. The molecule has 4 rings (SSSR count). The highest BCUT2D eigenvalue weighted by molar-refractivity contribution is 6.02. The van der Waals surface area contributed by atoms with Crippen LogP contribution in [0.2, 0.25) is 0 Å². The first-order chi connectivity index (χ1) is 15.5. The maximum absolute atomic E-state index is 12.8. The molecule has 0 spiro atoms. The third-order valence-corrected chi connectivity index (χ3v) is 5.58. The smallest absolute Gasteiger partial charge is 0.276 e. The van der Waals surface area contributed by atoms with E-state index in [0.29, 0.717) is 6.54 Å². The number of rotatable bonds is 6. The van der Waals surface area contributed by atoms with E-state index >= 15 is 0 Å². The van der Waals surface area contributed by atoms with Crippen LogP contribution in [0, 0.1) is 6.92 Å². The van der Waals surface area contributed by atoms with Crippen LogP contribution in [0.15, 0.2) is 76.8 Å². The molecule has 0 fully saturated rings. The number of aryl methyl sites for hydroxylation is 1. The predicted molar refractivity (Wildman–Crippen MR) is 126 cm³/mol. The minimum Gasteiger partial charge on any atom is -0.497 e. The van der Waals surface area contributed by atoms with E-state index in [2.05, 4.69) is 15.1 Å². The molecular weight excluding hydrogens is 404 g/mol. The quantitative estimate of drug-likeness (QED) is 0.377. The summed E-state index contributed by atoms with van der Waals surface area (Å²) in [4.78, 5) is 25.5. The molecule has 0 unspecified atom stereocenters. The van der Waals surface area contributed by atoms with Gasteiger partial charge in [0.05, 0.1) is 19.9 Å². The Kier molecular flexibility index (Phi) is 5.89. The van der Waals surface area contributed by atoms with Gasteiger partial charge in [0.1, 0.15) is 11.3 Å². The van der Waals surface area contributed by atoms with Crippen LogP contribution in [-0.2, 0) is 13.6 Å². The van der Waals surface area contributed by atoms with Gasteiger partial charge in [-0.05, 0) is 42.8 Å². The van der Waals surface area contributed by atoms with Crippen LogP contribution >= 0.6 is 0 Å². The van der Waals surface area contributed by atoms with Crippen molar-refractivity contribution in [1.82, 2.24) is 14.6 Å². The fourth-order valence-electron chi connectivity index (χ4n) is 3.69. The number of para-hydroxylation sites is 1. The molecule has 162 valence electrons. The largest absolute Gasteiger partial charge is 0.497 e. The molecule has 7 heteroatoms. The van der Waals surface area contributed by atoms with E-state index in [-0.39, 0.29) is 11.1 Å². The Morgan fingerprint density at radius 3 is 2.59 bits per heavy atom. The third-order valence-electron chi connectivity index (χ3n) is 5.58. The predicted octanol–water partition coefficient (Wildman–Crippen LogP) is 3.47. The lowest BCUT2D eigenvalue weighted by atomic mass is 10.1. The Morgan fingerprint density at radius 1 is 1.09 bits per heavy atom. The monoisotopic (exact) mass is 428 g/mol. The number of methoxy groups -OCH3 is 1. The third kappa shape index (κ3) is 4.05. The summed E-state index contributed by atoms with van der Waals surface area (Å²) in [5.41, 5.74) is 6.11. The van der Waals surface area contributed by atoms with Crippen molar-refractivity contribution >= 4 is 23.0 Å². The Balaban J connectivity index is 1.52. The molecule has 7 nitrogen and oxygen atoms in total. The first-order valence-corrected chi connectivity index (χ1v) is 10.2. The van der Waals surface area contributed by atoms with E-state index in [1.54, 1.807) is 25.6 Å². The van der Waals surface area contributed by atoms with Gasteiger partial charge in [-0.3, -0.25) is 9.59 Å². The molecule has 0 saturated heterocycles. The summed E-state index contributed by atoms with van der Waals surface area (Å²) in [6.07, 6.45) is 3.28. The van der Waals surface area contributed by atoms with Gasteiger partial charge in [0, 0.05) is 35.4 Å². The Morgan fingerprint density at radius 2 is 1.84 bits per heavy atom. The summed E-state index contributed by atoms with van der Waals surface area (Å²) >= 11 is 0. The van der Waals surface area contributed by atoms with Gasteiger partial charge >= 0.3 is 0 Å².